The minimum absolute atomic E-state index is 0.216. The summed E-state index contributed by atoms with van der Waals surface area (Å²) < 4.78 is 5.13. The molecule has 1 rings (SSSR count). The highest BCUT2D eigenvalue weighted by Gasteiger charge is 2.08. The van der Waals surface area contributed by atoms with Gasteiger partial charge in [-0.25, -0.2) is 0 Å². The van der Waals surface area contributed by atoms with Crippen LogP contribution in [0.2, 0.25) is 0 Å². The van der Waals surface area contributed by atoms with Crippen molar-refractivity contribution in [2.75, 3.05) is 7.11 Å². The Bertz CT molecular complexity index is 246. The number of hydrogen-bond acceptors (Lipinski definition) is 2. The Balaban J connectivity index is 2.39. The van der Waals surface area contributed by atoms with Gasteiger partial charge in [-0.3, -0.25) is 0 Å². The normalized spacial score (nSPS) is 15.1. The average Bonchev–Trinajstić information content (AvgIpc) is 2.26. The van der Waals surface area contributed by atoms with E-state index in [1.54, 1.807) is 7.11 Å². The summed E-state index contributed by atoms with van der Waals surface area (Å²) in [7, 11) is 1.69. The Morgan fingerprint density at radius 1 is 1.21 bits per heavy atom. The van der Waals surface area contributed by atoms with Gasteiger partial charge in [0.2, 0.25) is 0 Å². The summed E-state index contributed by atoms with van der Waals surface area (Å²) in [4.78, 5) is 0. The van der Waals surface area contributed by atoms with Crippen molar-refractivity contribution in [2.24, 2.45) is 0 Å². The maximum Gasteiger partial charge on any atom is 0.0791 e. The van der Waals surface area contributed by atoms with Crippen molar-refractivity contribution in [1.29, 1.82) is 0 Å². The summed E-state index contributed by atoms with van der Waals surface area (Å²) in [5, 5.41) is 9.81. The van der Waals surface area contributed by atoms with Crippen LogP contribution in [0.1, 0.15) is 31.4 Å². The van der Waals surface area contributed by atoms with Gasteiger partial charge in [0.05, 0.1) is 12.2 Å². The molecule has 0 aliphatic rings. The molecule has 0 aliphatic heterocycles. The molecule has 0 spiro atoms. The molecule has 0 aliphatic carbocycles. The average molecular weight is 194 g/mol. The Labute approximate surface area is 85.5 Å². The predicted molar refractivity (Wildman–Crippen MR) is 57.1 cm³/mol. The van der Waals surface area contributed by atoms with Crippen LogP contribution >= 0.6 is 0 Å². The van der Waals surface area contributed by atoms with E-state index >= 15 is 0 Å². The van der Waals surface area contributed by atoms with Crippen LogP contribution in [-0.2, 0) is 4.74 Å². The predicted octanol–water partition coefficient (Wildman–Crippen LogP) is 2.54. The van der Waals surface area contributed by atoms with Gasteiger partial charge in [0.15, 0.2) is 0 Å². The molecular weight excluding hydrogens is 176 g/mol. The van der Waals surface area contributed by atoms with E-state index in [0.717, 1.165) is 18.4 Å². The Morgan fingerprint density at radius 2 is 1.86 bits per heavy atom. The zero-order chi connectivity index (χ0) is 10.4. The van der Waals surface area contributed by atoms with E-state index in [1.165, 1.54) is 0 Å². The van der Waals surface area contributed by atoms with Gasteiger partial charge < -0.3 is 9.84 Å². The van der Waals surface area contributed by atoms with E-state index in [1.807, 2.05) is 37.3 Å². The number of aliphatic hydroxyl groups excluding tert-OH is 1. The monoisotopic (exact) mass is 194 g/mol. The Morgan fingerprint density at radius 3 is 2.43 bits per heavy atom. The second-order valence-electron chi connectivity index (χ2n) is 3.55. The summed E-state index contributed by atoms with van der Waals surface area (Å²) in [6.45, 7) is 2.01. The molecule has 0 radical (unpaired) electrons. The second-order valence-corrected chi connectivity index (χ2v) is 3.55. The van der Waals surface area contributed by atoms with Crippen LogP contribution in [0, 0.1) is 0 Å². The van der Waals surface area contributed by atoms with Crippen LogP contribution in [0.15, 0.2) is 30.3 Å². The fraction of sp³-hybridized carbons (Fsp3) is 0.500. The first-order chi connectivity index (χ1) is 6.74. The molecule has 0 aromatic heterocycles. The van der Waals surface area contributed by atoms with Crippen molar-refractivity contribution in [1.82, 2.24) is 0 Å². The van der Waals surface area contributed by atoms with E-state index in [0.29, 0.717) is 0 Å². The smallest absolute Gasteiger partial charge is 0.0791 e. The minimum Gasteiger partial charge on any atom is -0.388 e. The molecule has 1 aromatic rings. The van der Waals surface area contributed by atoms with Gasteiger partial charge in [-0.15, -0.1) is 0 Å². The Kier molecular flexibility index (Phi) is 4.63. The molecule has 2 heteroatoms. The largest absolute Gasteiger partial charge is 0.388 e. The molecule has 0 saturated carbocycles. The lowest BCUT2D eigenvalue weighted by Crippen LogP contribution is -2.07. The SMILES string of the molecule is COC(C)CCC(O)c1ccccc1. The second kappa shape index (κ2) is 5.78. The highest BCUT2D eigenvalue weighted by Crippen LogP contribution is 2.18. The highest BCUT2D eigenvalue weighted by atomic mass is 16.5. The molecule has 2 unspecified atom stereocenters. The molecule has 0 fully saturated rings. The van der Waals surface area contributed by atoms with Crippen LogP contribution < -0.4 is 0 Å². The number of ether oxygens (including phenoxy) is 1. The van der Waals surface area contributed by atoms with Crippen molar-refractivity contribution in [3.63, 3.8) is 0 Å². The van der Waals surface area contributed by atoms with Crippen LogP contribution in [0.25, 0.3) is 0 Å². The fourth-order valence-electron chi connectivity index (χ4n) is 1.35. The number of benzene rings is 1. The first-order valence-corrected chi connectivity index (χ1v) is 5.00. The van der Waals surface area contributed by atoms with E-state index in [9.17, 15) is 5.11 Å². The molecule has 0 bridgehead atoms. The van der Waals surface area contributed by atoms with Crippen molar-refractivity contribution in [3.05, 3.63) is 35.9 Å². The van der Waals surface area contributed by atoms with E-state index in [4.69, 9.17) is 4.74 Å². The van der Waals surface area contributed by atoms with Crippen LogP contribution in [0.3, 0.4) is 0 Å². The number of rotatable bonds is 5. The summed E-state index contributed by atoms with van der Waals surface area (Å²) >= 11 is 0. The molecule has 2 atom stereocenters. The Hall–Kier alpha value is -0.860. The molecule has 0 saturated heterocycles. The molecule has 1 aromatic carbocycles. The maximum absolute atomic E-state index is 9.81. The van der Waals surface area contributed by atoms with Crippen LogP contribution in [0.5, 0.6) is 0 Å². The summed E-state index contributed by atoms with van der Waals surface area (Å²) in [5.74, 6) is 0. The summed E-state index contributed by atoms with van der Waals surface area (Å²) in [6.07, 6.45) is 1.48. The third-order valence-electron chi connectivity index (χ3n) is 2.43. The molecule has 2 nitrogen and oxygen atoms in total. The molecular formula is C12H18O2. The zero-order valence-corrected chi connectivity index (χ0v) is 8.81. The van der Waals surface area contributed by atoms with Gasteiger partial charge in [-0.05, 0) is 25.3 Å². The van der Waals surface area contributed by atoms with Crippen LogP contribution in [-0.4, -0.2) is 18.3 Å². The van der Waals surface area contributed by atoms with E-state index in [2.05, 4.69) is 0 Å². The van der Waals surface area contributed by atoms with Crippen molar-refractivity contribution in [3.8, 4) is 0 Å². The third kappa shape index (κ3) is 3.48. The maximum atomic E-state index is 9.81. The van der Waals surface area contributed by atoms with Gasteiger partial charge in [0.25, 0.3) is 0 Å². The van der Waals surface area contributed by atoms with Gasteiger partial charge in [0.1, 0.15) is 0 Å². The van der Waals surface area contributed by atoms with Crippen molar-refractivity contribution in [2.45, 2.75) is 32.0 Å². The standard InChI is InChI=1S/C12H18O2/c1-10(14-2)8-9-12(13)11-6-4-3-5-7-11/h3-7,10,12-13H,8-9H2,1-2H3. The lowest BCUT2D eigenvalue weighted by atomic mass is 10.0. The quantitative estimate of drug-likeness (QED) is 0.780. The molecule has 14 heavy (non-hydrogen) atoms. The van der Waals surface area contributed by atoms with E-state index in [-0.39, 0.29) is 12.2 Å². The lowest BCUT2D eigenvalue weighted by molar-refractivity contribution is 0.0851. The lowest BCUT2D eigenvalue weighted by Gasteiger charge is -2.13. The first kappa shape index (κ1) is 11.2. The minimum atomic E-state index is -0.367. The molecule has 0 heterocycles. The topological polar surface area (TPSA) is 29.5 Å². The van der Waals surface area contributed by atoms with Gasteiger partial charge in [0, 0.05) is 7.11 Å². The molecule has 1 N–H and O–H groups in total. The van der Waals surface area contributed by atoms with Gasteiger partial charge in [-0.1, -0.05) is 30.3 Å². The van der Waals surface area contributed by atoms with Gasteiger partial charge >= 0.3 is 0 Å². The van der Waals surface area contributed by atoms with Gasteiger partial charge in [-0.2, -0.15) is 0 Å². The number of methoxy groups -OCH3 is 1. The van der Waals surface area contributed by atoms with Crippen LogP contribution in [0.4, 0.5) is 0 Å². The zero-order valence-electron chi connectivity index (χ0n) is 8.81. The summed E-state index contributed by atoms with van der Waals surface area (Å²) in [6, 6.07) is 9.73. The first-order valence-electron chi connectivity index (χ1n) is 5.00. The van der Waals surface area contributed by atoms with E-state index < -0.39 is 0 Å². The van der Waals surface area contributed by atoms with Crippen molar-refractivity contribution < 1.29 is 9.84 Å². The van der Waals surface area contributed by atoms with Crippen molar-refractivity contribution >= 4 is 0 Å². The molecule has 0 amide bonds. The third-order valence-corrected chi connectivity index (χ3v) is 2.43. The number of aliphatic hydroxyl groups is 1. The number of hydrogen-bond donors (Lipinski definition) is 1. The fourth-order valence-corrected chi connectivity index (χ4v) is 1.35. The summed E-state index contributed by atoms with van der Waals surface area (Å²) in [5.41, 5.74) is 0.982. The molecule has 78 valence electrons. The highest BCUT2D eigenvalue weighted by molar-refractivity contribution is 5.17.